The summed E-state index contributed by atoms with van der Waals surface area (Å²) in [5.41, 5.74) is -4.93. The molecule has 2 N–H and O–H groups in total. The van der Waals surface area contributed by atoms with Gasteiger partial charge in [0.05, 0.1) is 28.8 Å². The largest absolute Gasteiger partial charge is 0.508 e. The molecule has 2 aromatic carbocycles. The highest BCUT2D eigenvalue weighted by Gasteiger charge is 2.69. The molecule has 0 unspecified atom stereocenters. The van der Waals surface area contributed by atoms with E-state index in [0.29, 0.717) is 67.5 Å². The summed E-state index contributed by atoms with van der Waals surface area (Å²) in [6.45, 7) is 0.148. The zero-order valence-corrected chi connectivity index (χ0v) is 30.7. The Morgan fingerprint density at radius 3 is 2.54 bits per heavy atom. The van der Waals surface area contributed by atoms with E-state index in [1.807, 2.05) is 4.90 Å². The third-order valence-electron chi connectivity index (χ3n) is 12.9. The van der Waals surface area contributed by atoms with Gasteiger partial charge in [-0.1, -0.05) is 12.0 Å². The number of pyridine rings is 1. The van der Waals surface area contributed by atoms with Crippen molar-refractivity contribution < 1.29 is 49.7 Å². The van der Waals surface area contributed by atoms with Gasteiger partial charge >= 0.3 is 18.4 Å². The molecular weight excluding hydrogens is 764 g/mol. The van der Waals surface area contributed by atoms with Gasteiger partial charge in [0.1, 0.15) is 35.2 Å². The van der Waals surface area contributed by atoms with Crippen LogP contribution in [-0.4, -0.2) is 98.9 Å². The number of terminal acetylenes is 1. The average Bonchev–Trinajstić information content (AvgIpc) is 3.82. The molecule has 4 saturated heterocycles. The summed E-state index contributed by atoms with van der Waals surface area (Å²) in [4.78, 5) is 18.3. The van der Waals surface area contributed by atoms with Gasteiger partial charge in [0.2, 0.25) is 0 Å². The van der Waals surface area contributed by atoms with Crippen LogP contribution in [0.4, 0.5) is 40.9 Å². The second kappa shape index (κ2) is 13.3. The molecular formula is C40H38F8N6O3. The van der Waals surface area contributed by atoms with Crippen LogP contribution < -0.4 is 15.0 Å². The Bertz CT molecular complexity index is 2320. The summed E-state index contributed by atoms with van der Waals surface area (Å²) < 4.78 is 125. The molecule has 5 atom stereocenters. The number of nitrogens with zero attached hydrogens (tertiary/aromatic N) is 5. The number of fused-ring (bicyclic) bond motifs is 7. The first-order valence-corrected chi connectivity index (χ1v) is 19.0. The van der Waals surface area contributed by atoms with Gasteiger partial charge in [0.25, 0.3) is 5.60 Å². The zero-order chi connectivity index (χ0) is 40.2. The lowest BCUT2D eigenvalue weighted by molar-refractivity contribution is -0.375. The number of piperazine rings is 1. The van der Waals surface area contributed by atoms with Gasteiger partial charge in [0.15, 0.2) is 5.82 Å². The first kappa shape index (κ1) is 38.0. The molecule has 4 aromatic rings. The summed E-state index contributed by atoms with van der Waals surface area (Å²) in [6, 6.07) is 4.71. The number of halogens is 8. The highest BCUT2D eigenvalue weighted by Crippen LogP contribution is 2.49. The number of phenols is 1. The second-order valence-electron chi connectivity index (χ2n) is 16.1. The Hall–Kier alpha value is -4.53. The average molecular weight is 803 g/mol. The number of nitrogens with one attached hydrogen (secondary N) is 1. The summed E-state index contributed by atoms with van der Waals surface area (Å²) in [7, 11) is 0. The lowest BCUT2D eigenvalue weighted by Gasteiger charge is -2.41. The third kappa shape index (κ3) is 5.95. The highest BCUT2D eigenvalue weighted by molar-refractivity contribution is 6.03. The highest BCUT2D eigenvalue weighted by atomic mass is 19.4. The number of ether oxygens (including phenoxy) is 2. The Kier molecular flexibility index (Phi) is 8.84. The number of rotatable bonds is 7. The molecule has 9 rings (SSSR count). The molecule has 0 amide bonds. The van der Waals surface area contributed by atoms with Crippen molar-refractivity contribution in [3.63, 3.8) is 0 Å². The number of aromatic hydroxyl groups is 1. The lowest BCUT2D eigenvalue weighted by atomic mass is 9.95. The molecule has 0 saturated carbocycles. The van der Waals surface area contributed by atoms with Gasteiger partial charge in [-0.2, -0.15) is 36.3 Å². The van der Waals surface area contributed by atoms with Crippen LogP contribution in [0, 0.1) is 24.0 Å². The minimum atomic E-state index is -5.68. The van der Waals surface area contributed by atoms with E-state index < -0.39 is 47.8 Å². The predicted molar refractivity (Wildman–Crippen MR) is 193 cm³/mol. The number of hydrogen-bond acceptors (Lipinski definition) is 9. The van der Waals surface area contributed by atoms with E-state index in [9.17, 15) is 31.4 Å². The maximum Gasteiger partial charge on any atom is 0.426 e. The first-order valence-electron chi connectivity index (χ1n) is 19.0. The molecule has 57 heavy (non-hydrogen) atoms. The maximum absolute atomic E-state index is 17.3. The Balaban J connectivity index is 1.11. The first-order chi connectivity index (χ1) is 27.0. The summed E-state index contributed by atoms with van der Waals surface area (Å²) in [5, 5.41) is 15.4. The van der Waals surface area contributed by atoms with E-state index in [1.165, 1.54) is 24.3 Å². The number of aryl methyl sites for hydroxylation is 1. The van der Waals surface area contributed by atoms with Crippen LogP contribution in [0.3, 0.4) is 0 Å². The molecule has 0 spiro atoms. The van der Waals surface area contributed by atoms with Gasteiger partial charge in [0, 0.05) is 41.7 Å². The van der Waals surface area contributed by atoms with Crippen molar-refractivity contribution in [2.45, 2.75) is 106 Å². The molecule has 2 aromatic heterocycles. The quantitative estimate of drug-likeness (QED) is 0.147. The number of alkyl halides is 6. The van der Waals surface area contributed by atoms with E-state index in [4.69, 9.17) is 25.9 Å². The van der Waals surface area contributed by atoms with E-state index in [0.717, 1.165) is 12.8 Å². The monoisotopic (exact) mass is 802 g/mol. The normalized spacial score (nSPS) is 26.1. The predicted octanol–water partition coefficient (Wildman–Crippen LogP) is 7.34. The molecule has 4 fully saturated rings. The van der Waals surface area contributed by atoms with Crippen LogP contribution in [0.2, 0.25) is 0 Å². The molecule has 0 aliphatic carbocycles. The number of phenolic OH excluding ortho intramolecular Hbond substituents is 1. The van der Waals surface area contributed by atoms with Crippen molar-refractivity contribution in [2.24, 2.45) is 0 Å². The second-order valence-corrected chi connectivity index (χ2v) is 16.1. The summed E-state index contributed by atoms with van der Waals surface area (Å²) in [6.07, 6.45) is -0.784. The number of hydrogen-bond donors (Lipinski definition) is 2. The molecule has 7 heterocycles. The maximum atomic E-state index is 17.3. The molecule has 9 nitrogen and oxygen atoms in total. The molecule has 2 bridgehead atoms. The van der Waals surface area contributed by atoms with Crippen LogP contribution in [-0.2, 0) is 11.2 Å². The van der Waals surface area contributed by atoms with E-state index in [-0.39, 0.29) is 77.6 Å². The minimum Gasteiger partial charge on any atom is -0.508 e. The van der Waals surface area contributed by atoms with Crippen molar-refractivity contribution in [1.82, 2.24) is 25.2 Å². The van der Waals surface area contributed by atoms with Crippen LogP contribution in [0.25, 0.3) is 32.9 Å². The van der Waals surface area contributed by atoms with E-state index in [2.05, 4.69) is 21.1 Å². The summed E-state index contributed by atoms with van der Waals surface area (Å²) >= 11 is 0. The standard InChI is InChI=1S/C40H38F8N6O3/c1-3-24-26(41)7-5-20-15-23(55)16-25(30(20)24)33-32(42)34-31-28(50-33)9-10-29-27-8-6-21(49-27)17-53(29)35(31)52-36(51-34)56-19-38-12-4-14-54(38)22(11-13-38)18-57-37(2,39(43,44)45)40(46,47)48/h1,5,7,15-16,21-22,27,29,49,55H,4,6,8-14,17-19H2,2H3/t21-,22+,27+,29-,38+/m1/s1. The molecule has 5 aliphatic heterocycles. The SMILES string of the molecule is C#Cc1c(F)ccc2cc(O)cc(-c3nc4c5c(nc(OC[C@@]67CCCN6[C@H](COC(C)(C(F)(F)F)C(F)(F)F)CC7)nc5c3F)N3C[C@H]5CC[C@H](N5)[C@H]3CC4)c12. The third-order valence-corrected chi connectivity index (χ3v) is 12.9. The zero-order valence-electron chi connectivity index (χ0n) is 30.7. The van der Waals surface area contributed by atoms with Gasteiger partial charge in [-0.25, -0.2) is 13.8 Å². The van der Waals surface area contributed by atoms with Crippen molar-refractivity contribution in [1.29, 1.82) is 0 Å². The minimum absolute atomic E-state index is 0.00316. The Labute approximate surface area is 321 Å². The number of benzene rings is 2. The van der Waals surface area contributed by atoms with Gasteiger partial charge in [-0.3, -0.25) is 4.90 Å². The Morgan fingerprint density at radius 1 is 1.00 bits per heavy atom. The molecule has 302 valence electrons. The van der Waals surface area contributed by atoms with Gasteiger partial charge in [-0.05, 0) is 88.4 Å². The van der Waals surface area contributed by atoms with Crippen LogP contribution in [0.5, 0.6) is 11.8 Å². The molecule has 5 aliphatic rings. The van der Waals surface area contributed by atoms with Crippen molar-refractivity contribution in [3.8, 4) is 35.4 Å². The van der Waals surface area contributed by atoms with Crippen LogP contribution >= 0.6 is 0 Å². The topological polar surface area (TPSA) is 95.9 Å². The molecule has 17 heteroatoms. The lowest BCUT2D eigenvalue weighted by Crippen LogP contribution is -2.58. The fourth-order valence-corrected chi connectivity index (χ4v) is 9.94. The summed E-state index contributed by atoms with van der Waals surface area (Å²) in [5.74, 6) is 1.01. The van der Waals surface area contributed by atoms with Gasteiger partial charge < -0.3 is 24.8 Å². The van der Waals surface area contributed by atoms with Crippen molar-refractivity contribution in [2.75, 3.05) is 31.2 Å². The molecule has 0 radical (unpaired) electrons. The number of aromatic nitrogens is 3. The van der Waals surface area contributed by atoms with Gasteiger partial charge in [-0.15, -0.1) is 6.42 Å². The van der Waals surface area contributed by atoms with Crippen LogP contribution in [0.1, 0.15) is 63.1 Å². The van der Waals surface area contributed by atoms with E-state index >= 15 is 8.78 Å². The number of anilines is 1. The van der Waals surface area contributed by atoms with E-state index in [1.54, 1.807) is 0 Å². The van der Waals surface area contributed by atoms with Crippen molar-refractivity contribution >= 4 is 27.5 Å². The Morgan fingerprint density at radius 2 is 1.79 bits per heavy atom. The van der Waals surface area contributed by atoms with Crippen LogP contribution in [0.15, 0.2) is 24.3 Å². The smallest absolute Gasteiger partial charge is 0.426 e. The van der Waals surface area contributed by atoms with Crippen molar-refractivity contribution in [3.05, 3.63) is 47.2 Å². The fourth-order valence-electron chi connectivity index (χ4n) is 9.94. The fraction of sp³-hybridized carbons (Fsp3) is 0.525.